The third-order valence-corrected chi connectivity index (χ3v) is 5.52. The van der Waals surface area contributed by atoms with Crippen LogP contribution in [0.4, 0.5) is 0 Å². The van der Waals surface area contributed by atoms with Crippen molar-refractivity contribution in [3.8, 4) is 34.5 Å². The first-order valence-electron chi connectivity index (χ1n) is 10.7. The van der Waals surface area contributed by atoms with Crippen LogP contribution in [0.1, 0.15) is 30.4 Å². The summed E-state index contributed by atoms with van der Waals surface area (Å²) in [6.45, 7) is 2.48. The number of pyridine rings is 2. The monoisotopic (exact) mass is 440 g/mol. The first-order chi connectivity index (χ1) is 16.2. The van der Waals surface area contributed by atoms with Crippen LogP contribution in [0.25, 0.3) is 34.1 Å². The number of hydrogen-bond donors (Lipinski definition) is 1. The van der Waals surface area contributed by atoms with Gasteiger partial charge in [0.25, 0.3) is 0 Å². The number of rotatable bonds is 5. The molecule has 1 aromatic carbocycles. The fourth-order valence-corrected chi connectivity index (χ4v) is 3.94. The zero-order chi connectivity index (χ0) is 22.2. The number of aryl methyl sites for hydroxylation is 1. The molecule has 0 bridgehead atoms. The van der Waals surface area contributed by atoms with Crippen LogP contribution < -0.4 is 4.74 Å². The van der Waals surface area contributed by atoms with Crippen LogP contribution in [0.15, 0.2) is 59.4 Å². The van der Waals surface area contributed by atoms with E-state index in [1.54, 1.807) is 25.4 Å². The number of nitrogens with zero attached hydrogens (tertiary/aromatic N) is 5. The SMILES string of the molecule is Cc1nc(-c2ccc(Oc3cc4[nH]c(-c5ccccn5)nc4cc3C3CCCO3)cn2)no1. The number of hydrogen-bond acceptors (Lipinski definition) is 8. The minimum absolute atomic E-state index is 0.0334. The summed E-state index contributed by atoms with van der Waals surface area (Å²) in [6.07, 6.45) is 5.32. The van der Waals surface area contributed by atoms with E-state index < -0.39 is 0 Å². The van der Waals surface area contributed by atoms with Crippen LogP contribution in [0, 0.1) is 6.92 Å². The summed E-state index contributed by atoms with van der Waals surface area (Å²) in [4.78, 5) is 21.1. The van der Waals surface area contributed by atoms with Gasteiger partial charge in [0, 0.05) is 31.4 Å². The van der Waals surface area contributed by atoms with Gasteiger partial charge in [-0.05, 0) is 43.2 Å². The molecule has 33 heavy (non-hydrogen) atoms. The molecule has 4 aromatic heterocycles. The van der Waals surface area contributed by atoms with E-state index in [0.717, 1.165) is 41.7 Å². The molecule has 6 rings (SSSR count). The Kier molecular flexibility index (Phi) is 4.80. The molecule has 0 saturated carbocycles. The van der Waals surface area contributed by atoms with Crippen LogP contribution in [-0.2, 0) is 4.74 Å². The highest BCUT2D eigenvalue weighted by molar-refractivity contribution is 5.81. The average Bonchev–Trinajstić information content (AvgIpc) is 3.60. The van der Waals surface area contributed by atoms with Crippen molar-refractivity contribution in [2.45, 2.75) is 25.9 Å². The molecular weight excluding hydrogens is 420 g/mol. The van der Waals surface area contributed by atoms with Gasteiger partial charge in [-0.2, -0.15) is 4.98 Å². The second-order valence-electron chi connectivity index (χ2n) is 7.83. The molecular formula is C24H20N6O3. The molecule has 0 amide bonds. The fraction of sp³-hybridized carbons (Fsp3) is 0.208. The molecule has 1 fully saturated rings. The Hall–Kier alpha value is -4.11. The summed E-state index contributed by atoms with van der Waals surface area (Å²) in [5, 5.41) is 3.91. The second kappa shape index (κ2) is 8.10. The van der Waals surface area contributed by atoms with E-state index in [-0.39, 0.29) is 6.10 Å². The molecule has 9 nitrogen and oxygen atoms in total. The molecule has 0 radical (unpaired) electrons. The first kappa shape index (κ1) is 19.6. The van der Waals surface area contributed by atoms with E-state index in [4.69, 9.17) is 19.0 Å². The van der Waals surface area contributed by atoms with Gasteiger partial charge in [0.15, 0.2) is 5.82 Å². The normalized spacial score (nSPS) is 15.8. The lowest BCUT2D eigenvalue weighted by Gasteiger charge is -2.16. The van der Waals surface area contributed by atoms with E-state index in [1.165, 1.54) is 0 Å². The predicted molar refractivity (Wildman–Crippen MR) is 120 cm³/mol. The zero-order valence-corrected chi connectivity index (χ0v) is 17.9. The highest BCUT2D eigenvalue weighted by atomic mass is 16.5. The van der Waals surface area contributed by atoms with Crippen LogP contribution in [-0.4, -0.2) is 36.7 Å². The number of imidazole rings is 1. The van der Waals surface area contributed by atoms with E-state index in [1.807, 2.05) is 36.4 Å². The van der Waals surface area contributed by atoms with Gasteiger partial charge in [-0.3, -0.25) is 4.98 Å². The Morgan fingerprint density at radius 3 is 2.76 bits per heavy atom. The molecule has 1 unspecified atom stereocenters. The van der Waals surface area contributed by atoms with Gasteiger partial charge in [-0.1, -0.05) is 11.2 Å². The van der Waals surface area contributed by atoms with Gasteiger partial charge in [0.05, 0.1) is 23.3 Å². The van der Waals surface area contributed by atoms with Crippen molar-refractivity contribution < 1.29 is 14.0 Å². The molecule has 1 saturated heterocycles. The second-order valence-corrected chi connectivity index (χ2v) is 7.83. The Balaban J connectivity index is 1.36. The Morgan fingerprint density at radius 2 is 2.03 bits per heavy atom. The van der Waals surface area contributed by atoms with Gasteiger partial charge in [-0.25, -0.2) is 9.97 Å². The lowest BCUT2D eigenvalue weighted by molar-refractivity contribution is 0.110. The van der Waals surface area contributed by atoms with E-state index in [0.29, 0.717) is 34.7 Å². The molecule has 1 atom stereocenters. The molecule has 1 aliphatic rings. The van der Waals surface area contributed by atoms with Gasteiger partial charge in [0.2, 0.25) is 11.7 Å². The minimum atomic E-state index is -0.0334. The van der Waals surface area contributed by atoms with Crippen molar-refractivity contribution in [1.82, 2.24) is 30.1 Å². The van der Waals surface area contributed by atoms with Gasteiger partial charge in [0.1, 0.15) is 22.9 Å². The number of fused-ring (bicyclic) bond motifs is 1. The summed E-state index contributed by atoms with van der Waals surface area (Å²) in [5.41, 5.74) is 4.07. The number of H-pyrrole nitrogens is 1. The van der Waals surface area contributed by atoms with Crippen LogP contribution >= 0.6 is 0 Å². The first-order valence-corrected chi connectivity index (χ1v) is 10.7. The van der Waals surface area contributed by atoms with Crippen molar-refractivity contribution in [3.63, 3.8) is 0 Å². The van der Waals surface area contributed by atoms with E-state index in [9.17, 15) is 0 Å². The molecule has 9 heteroatoms. The Morgan fingerprint density at radius 1 is 1.06 bits per heavy atom. The maximum absolute atomic E-state index is 6.27. The fourth-order valence-electron chi connectivity index (χ4n) is 3.94. The van der Waals surface area contributed by atoms with Crippen LogP contribution in [0.5, 0.6) is 11.5 Å². The van der Waals surface area contributed by atoms with Crippen molar-refractivity contribution >= 4 is 11.0 Å². The maximum atomic E-state index is 6.27. The molecule has 164 valence electrons. The molecule has 1 N–H and O–H groups in total. The van der Waals surface area contributed by atoms with Crippen molar-refractivity contribution in [2.75, 3.05) is 6.61 Å². The average molecular weight is 440 g/mol. The summed E-state index contributed by atoms with van der Waals surface area (Å²) in [5.74, 6) is 2.95. The van der Waals surface area contributed by atoms with Gasteiger partial charge in [-0.15, -0.1) is 0 Å². The zero-order valence-electron chi connectivity index (χ0n) is 17.9. The maximum Gasteiger partial charge on any atom is 0.223 e. The number of nitrogens with one attached hydrogen (secondary N) is 1. The van der Waals surface area contributed by atoms with Crippen molar-refractivity contribution in [3.05, 3.63) is 66.3 Å². The largest absolute Gasteiger partial charge is 0.455 e. The molecule has 5 heterocycles. The summed E-state index contributed by atoms with van der Waals surface area (Å²) < 4.78 is 17.3. The van der Waals surface area contributed by atoms with Crippen molar-refractivity contribution in [2.24, 2.45) is 0 Å². The highest BCUT2D eigenvalue weighted by Crippen LogP contribution is 2.39. The highest BCUT2D eigenvalue weighted by Gasteiger charge is 2.24. The lowest BCUT2D eigenvalue weighted by atomic mass is 10.0. The molecule has 0 spiro atoms. The smallest absolute Gasteiger partial charge is 0.223 e. The van der Waals surface area contributed by atoms with Gasteiger partial charge < -0.3 is 19.0 Å². The third kappa shape index (κ3) is 3.83. The third-order valence-electron chi connectivity index (χ3n) is 5.52. The molecule has 5 aromatic rings. The van der Waals surface area contributed by atoms with Crippen molar-refractivity contribution in [1.29, 1.82) is 0 Å². The Bertz CT molecular complexity index is 1410. The number of benzene rings is 1. The number of aromatic amines is 1. The summed E-state index contributed by atoms with van der Waals surface area (Å²) in [7, 11) is 0. The topological polar surface area (TPSA) is 112 Å². The number of aromatic nitrogens is 6. The standard InChI is InChI=1S/C24H20N6O3/c1-14-27-24(30-33-14)18-8-7-15(13-26-18)32-22-12-20-19(11-16(22)21-6-4-10-31-21)28-23(29-20)17-5-2-3-9-25-17/h2-3,5,7-9,11-13,21H,4,6,10H2,1H3,(H,28,29). The van der Waals surface area contributed by atoms with Crippen LogP contribution in [0.3, 0.4) is 0 Å². The lowest BCUT2D eigenvalue weighted by Crippen LogP contribution is -2.00. The van der Waals surface area contributed by atoms with Crippen LogP contribution in [0.2, 0.25) is 0 Å². The minimum Gasteiger partial charge on any atom is -0.455 e. The molecule has 1 aliphatic heterocycles. The predicted octanol–water partition coefficient (Wildman–Crippen LogP) is 5.02. The summed E-state index contributed by atoms with van der Waals surface area (Å²) >= 11 is 0. The number of ether oxygens (including phenoxy) is 2. The van der Waals surface area contributed by atoms with Gasteiger partial charge >= 0.3 is 0 Å². The van der Waals surface area contributed by atoms with E-state index in [2.05, 4.69) is 25.1 Å². The quantitative estimate of drug-likeness (QED) is 0.405. The Labute approximate surface area is 188 Å². The molecule has 0 aliphatic carbocycles. The summed E-state index contributed by atoms with van der Waals surface area (Å²) in [6, 6.07) is 13.4. The van der Waals surface area contributed by atoms with E-state index >= 15 is 0 Å².